The van der Waals surface area contributed by atoms with E-state index in [1.165, 1.54) is 24.3 Å². The van der Waals surface area contributed by atoms with Gasteiger partial charge in [0.15, 0.2) is 0 Å². The maximum Gasteiger partial charge on any atom is 0.269 e. The highest BCUT2D eigenvalue weighted by Gasteiger charge is 2.40. The van der Waals surface area contributed by atoms with Crippen molar-refractivity contribution in [2.75, 3.05) is 16.0 Å². The molecule has 0 aromatic heterocycles. The summed E-state index contributed by atoms with van der Waals surface area (Å²) >= 11 is 6.86. The lowest BCUT2D eigenvalue weighted by Crippen LogP contribution is -2.31. The number of amides is 3. The Morgan fingerprint density at radius 2 is 1.82 bits per heavy atom. The maximum absolute atomic E-state index is 12.5. The molecule has 0 radical (unpaired) electrons. The fourth-order valence-electron chi connectivity index (χ4n) is 2.64. The Kier molecular flexibility index (Phi) is 5.96. The van der Waals surface area contributed by atoms with Crippen molar-refractivity contribution in [3.63, 3.8) is 0 Å². The van der Waals surface area contributed by atoms with Crippen molar-refractivity contribution in [3.05, 3.63) is 63.7 Å². The van der Waals surface area contributed by atoms with Gasteiger partial charge in [-0.15, -0.1) is 11.8 Å². The summed E-state index contributed by atoms with van der Waals surface area (Å²) in [7, 11) is 0. The van der Waals surface area contributed by atoms with Crippen molar-refractivity contribution in [2.24, 2.45) is 0 Å². The Morgan fingerprint density at radius 3 is 2.43 bits per heavy atom. The Bertz CT molecular complexity index is 933. The van der Waals surface area contributed by atoms with Gasteiger partial charge in [-0.1, -0.05) is 11.6 Å². The van der Waals surface area contributed by atoms with Gasteiger partial charge in [0.1, 0.15) is 0 Å². The molecule has 1 fully saturated rings. The van der Waals surface area contributed by atoms with Crippen LogP contribution in [0.3, 0.4) is 0 Å². The Morgan fingerprint density at radius 1 is 1.18 bits per heavy atom. The van der Waals surface area contributed by atoms with E-state index in [0.717, 1.165) is 16.7 Å². The van der Waals surface area contributed by atoms with Crippen LogP contribution in [-0.2, 0) is 14.4 Å². The number of nitrogens with zero attached hydrogens (tertiary/aromatic N) is 2. The molecule has 1 aliphatic rings. The van der Waals surface area contributed by atoms with Gasteiger partial charge in [-0.05, 0) is 36.4 Å². The van der Waals surface area contributed by atoms with Crippen LogP contribution >= 0.6 is 23.4 Å². The minimum absolute atomic E-state index is 0.000411. The van der Waals surface area contributed by atoms with E-state index in [9.17, 15) is 24.5 Å². The maximum atomic E-state index is 12.5. The summed E-state index contributed by atoms with van der Waals surface area (Å²) in [5.74, 6) is -1.15. The smallest absolute Gasteiger partial charge is 0.269 e. The van der Waals surface area contributed by atoms with E-state index in [1.54, 1.807) is 24.3 Å². The first-order valence-electron chi connectivity index (χ1n) is 8.13. The number of thioether (sulfide) groups is 1. The molecule has 1 N–H and O–H groups in total. The highest BCUT2D eigenvalue weighted by molar-refractivity contribution is 8.01. The number of hydrogen-bond acceptors (Lipinski definition) is 6. The molecule has 3 rings (SSSR count). The van der Waals surface area contributed by atoms with E-state index < -0.39 is 22.0 Å². The zero-order valence-electron chi connectivity index (χ0n) is 14.3. The van der Waals surface area contributed by atoms with E-state index in [4.69, 9.17) is 11.6 Å². The normalized spacial score (nSPS) is 16.3. The molecule has 144 valence electrons. The lowest BCUT2D eigenvalue weighted by molar-refractivity contribution is -0.384. The largest absolute Gasteiger partial charge is 0.325 e. The third-order valence-corrected chi connectivity index (χ3v) is 5.42. The van der Waals surface area contributed by atoms with Gasteiger partial charge in [-0.2, -0.15) is 0 Å². The summed E-state index contributed by atoms with van der Waals surface area (Å²) in [6.45, 7) is 0. The Balaban J connectivity index is 1.59. The molecule has 1 heterocycles. The third-order valence-electron chi connectivity index (χ3n) is 3.97. The van der Waals surface area contributed by atoms with Crippen LogP contribution in [0.15, 0.2) is 48.5 Å². The zero-order valence-corrected chi connectivity index (χ0v) is 15.9. The van der Waals surface area contributed by atoms with E-state index in [-0.39, 0.29) is 29.5 Å². The quantitative estimate of drug-likeness (QED) is 0.437. The minimum atomic E-state index is -0.682. The van der Waals surface area contributed by atoms with E-state index in [2.05, 4.69) is 5.32 Å². The van der Waals surface area contributed by atoms with E-state index in [0.29, 0.717) is 10.7 Å². The van der Waals surface area contributed by atoms with Gasteiger partial charge >= 0.3 is 0 Å². The molecule has 0 unspecified atom stereocenters. The highest BCUT2D eigenvalue weighted by Crippen LogP contribution is 2.30. The number of nitrogens with one attached hydrogen (secondary N) is 1. The number of nitro groups is 1. The second kappa shape index (κ2) is 8.41. The summed E-state index contributed by atoms with van der Waals surface area (Å²) in [6, 6.07) is 11.8. The van der Waals surface area contributed by atoms with Gasteiger partial charge in [-0.3, -0.25) is 24.5 Å². The van der Waals surface area contributed by atoms with E-state index >= 15 is 0 Å². The first-order chi connectivity index (χ1) is 13.3. The summed E-state index contributed by atoms with van der Waals surface area (Å²) in [4.78, 5) is 48.0. The van der Waals surface area contributed by atoms with Crippen molar-refractivity contribution in [1.29, 1.82) is 0 Å². The van der Waals surface area contributed by atoms with E-state index in [1.807, 2.05) is 0 Å². The van der Waals surface area contributed by atoms with Gasteiger partial charge < -0.3 is 5.32 Å². The molecule has 0 saturated carbocycles. The summed E-state index contributed by atoms with van der Waals surface area (Å²) < 4.78 is 0. The summed E-state index contributed by atoms with van der Waals surface area (Å²) in [5, 5.41) is 13.3. The molecule has 1 atom stereocenters. The lowest BCUT2D eigenvalue weighted by Gasteiger charge is -2.14. The first-order valence-corrected chi connectivity index (χ1v) is 9.56. The molecule has 28 heavy (non-hydrogen) atoms. The first kappa shape index (κ1) is 19.8. The summed E-state index contributed by atoms with van der Waals surface area (Å²) in [5.41, 5.74) is 0.721. The van der Waals surface area contributed by atoms with Gasteiger partial charge in [0.05, 0.1) is 21.6 Å². The van der Waals surface area contributed by atoms with Gasteiger partial charge in [-0.25, -0.2) is 4.90 Å². The van der Waals surface area contributed by atoms with Crippen LogP contribution in [0.2, 0.25) is 5.02 Å². The van der Waals surface area contributed by atoms with Crippen LogP contribution in [0.1, 0.15) is 6.42 Å². The van der Waals surface area contributed by atoms with Crippen LogP contribution in [0.5, 0.6) is 0 Å². The van der Waals surface area contributed by atoms with Crippen molar-refractivity contribution in [3.8, 4) is 0 Å². The van der Waals surface area contributed by atoms with Gasteiger partial charge in [0, 0.05) is 29.3 Å². The number of carbonyl (C=O) groups is 3. The second-order valence-electron chi connectivity index (χ2n) is 5.90. The average molecular weight is 420 g/mol. The molecule has 10 heteroatoms. The molecule has 3 amide bonds. The van der Waals surface area contributed by atoms with Crippen molar-refractivity contribution in [2.45, 2.75) is 11.7 Å². The molecule has 2 aromatic carbocycles. The molecule has 8 nitrogen and oxygen atoms in total. The number of imide groups is 1. The van der Waals surface area contributed by atoms with Crippen molar-refractivity contribution in [1.82, 2.24) is 0 Å². The number of halogens is 1. The number of carbonyl (C=O) groups excluding carboxylic acids is 3. The average Bonchev–Trinajstić information content (AvgIpc) is 2.95. The fourth-order valence-corrected chi connectivity index (χ4v) is 3.69. The number of anilines is 2. The van der Waals surface area contributed by atoms with Crippen molar-refractivity contribution >= 4 is 58.1 Å². The third kappa shape index (κ3) is 4.49. The predicted octanol–water partition coefficient (Wildman–Crippen LogP) is 3.25. The number of non-ortho nitro benzene ring substituents is 1. The van der Waals surface area contributed by atoms with Gasteiger partial charge in [0.25, 0.3) is 5.69 Å². The minimum Gasteiger partial charge on any atom is -0.325 e. The number of hydrogen-bond donors (Lipinski definition) is 1. The fraction of sp³-hybridized carbons (Fsp3) is 0.167. The molecular weight excluding hydrogens is 406 g/mol. The Hall–Kier alpha value is -2.91. The standard InChI is InChI=1S/C18H14ClN3O5S/c19-11-1-3-12(4-2-11)20-16(23)10-28-15-9-17(24)21(18(15)25)13-5-7-14(8-6-13)22(26)27/h1-8,15H,9-10H2,(H,20,23)/t15-/m1/s1. The number of nitro benzene ring substituents is 1. The topological polar surface area (TPSA) is 110 Å². The zero-order chi connectivity index (χ0) is 20.3. The van der Waals surface area contributed by atoms with Crippen LogP contribution < -0.4 is 10.2 Å². The molecular formula is C18H14ClN3O5S. The van der Waals surface area contributed by atoms with Crippen LogP contribution in [0.4, 0.5) is 17.1 Å². The van der Waals surface area contributed by atoms with Crippen molar-refractivity contribution < 1.29 is 19.3 Å². The number of benzene rings is 2. The molecule has 2 aromatic rings. The van der Waals surface area contributed by atoms with Crippen LogP contribution in [0, 0.1) is 10.1 Å². The van der Waals surface area contributed by atoms with Crippen LogP contribution in [0.25, 0.3) is 0 Å². The lowest BCUT2D eigenvalue weighted by atomic mass is 10.2. The van der Waals surface area contributed by atoms with Crippen LogP contribution in [-0.4, -0.2) is 33.6 Å². The SMILES string of the molecule is O=C(CS[C@@H]1CC(=O)N(c2ccc([N+](=O)[O-])cc2)C1=O)Nc1ccc(Cl)cc1. The number of rotatable bonds is 6. The molecule has 1 saturated heterocycles. The highest BCUT2D eigenvalue weighted by atomic mass is 35.5. The molecule has 0 aliphatic carbocycles. The molecule has 0 spiro atoms. The Labute approximate surface area is 169 Å². The second-order valence-corrected chi connectivity index (χ2v) is 7.53. The summed E-state index contributed by atoms with van der Waals surface area (Å²) in [6.07, 6.45) is -0.0330. The monoisotopic (exact) mass is 419 g/mol. The molecule has 1 aliphatic heterocycles. The molecule has 0 bridgehead atoms. The predicted molar refractivity (Wildman–Crippen MR) is 107 cm³/mol. The van der Waals surface area contributed by atoms with Gasteiger partial charge in [0.2, 0.25) is 17.7 Å².